The van der Waals surface area contributed by atoms with Gasteiger partial charge in [-0.25, -0.2) is 9.97 Å². The molecule has 156 valence electrons. The van der Waals surface area contributed by atoms with Crippen molar-refractivity contribution in [3.05, 3.63) is 41.3 Å². The van der Waals surface area contributed by atoms with Crippen LogP contribution in [0.3, 0.4) is 0 Å². The number of ether oxygens (including phenoxy) is 2. The maximum absolute atomic E-state index is 13.0. The molecule has 1 saturated heterocycles. The lowest BCUT2D eigenvalue weighted by Gasteiger charge is -2.35. The Hall–Kier alpha value is -3.04. The highest BCUT2D eigenvalue weighted by Crippen LogP contribution is 2.30. The van der Waals surface area contributed by atoms with Crippen molar-refractivity contribution >= 4 is 11.7 Å². The summed E-state index contributed by atoms with van der Waals surface area (Å²) in [6, 6.07) is 5.86. The average Bonchev–Trinajstić information content (AvgIpc) is 2.71. The third-order valence-corrected chi connectivity index (χ3v) is 4.64. The predicted octanol–water partition coefficient (Wildman–Crippen LogP) is 2.78. The monoisotopic (exact) mass is 410 g/mol. The molecule has 7 nitrogen and oxygen atoms in total. The SMILES string of the molecule is COc1ccc(C(=O)N2CCN(c3cc(C(F)(F)F)nc(C)n3)CC2)cc1OC. The largest absolute Gasteiger partial charge is 0.493 e. The van der Waals surface area contributed by atoms with Crippen LogP contribution in [0, 0.1) is 6.92 Å². The Bertz CT molecular complexity index is 897. The molecule has 1 fully saturated rings. The second-order valence-corrected chi connectivity index (χ2v) is 6.51. The molecule has 1 aliphatic rings. The lowest BCUT2D eigenvalue weighted by Crippen LogP contribution is -2.49. The van der Waals surface area contributed by atoms with E-state index in [-0.39, 0.29) is 17.5 Å². The maximum Gasteiger partial charge on any atom is 0.433 e. The zero-order chi connectivity index (χ0) is 21.2. The summed E-state index contributed by atoms with van der Waals surface area (Å²) in [6.45, 7) is 2.88. The van der Waals surface area contributed by atoms with Crippen molar-refractivity contribution in [3.63, 3.8) is 0 Å². The van der Waals surface area contributed by atoms with Crippen LogP contribution in [0.4, 0.5) is 19.0 Å². The van der Waals surface area contributed by atoms with Crippen LogP contribution >= 0.6 is 0 Å². The van der Waals surface area contributed by atoms with Gasteiger partial charge in [-0.05, 0) is 25.1 Å². The fraction of sp³-hybridized carbons (Fsp3) is 0.421. The normalized spacial score (nSPS) is 14.7. The Morgan fingerprint density at radius 2 is 1.66 bits per heavy atom. The van der Waals surface area contributed by atoms with Crippen molar-refractivity contribution in [1.29, 1.82) is 0 Å². The number of halogens is 3. The lowest BCUT2D eigenvalue weighted by molar-refractivity contribution is -0.141. The van der Waals surface area contributed by atoms with Crippen molar-refractivity contribution < 1.29 is 27.4 Å². The Morgan fingerprint density at radius 1 is 1.00 bits per heavy atom. The number of anilines is 1. The van der Waals surface area contributed by atoms with Crippen LogP contribution < -0.4 is 14.4 Å². The molecule has 2 aromatic rings. The summed E-state index contributed by atoms with van der Waals surface area (Å²) in [4.78, 5) is 23.7. The Morgan fingerprint density at radius 3 is 2.24 bits per heavy atom. The van der Waals surface area contributed by atoms with Gasteiger partial charge in [0.15, 0.2) is 11.5 Å². The van der Waals surface area contributed by atoms with Gasteiger partial charge < -0.3 is 19.3 Å². The highest BCUT2D eigenvalue weighted by atomic mass is 19.4. The molecule has 1 amide bonds. The Labute approximate surface area is 166 Å². The summed E-state index contributed by atoms with van der Waals surface area (Å²) in [5, 5.41) is 0. The summed E-state index contributed by atoms with van der Waals surface area (Å²) < 4.78 is 49.4. The van der Waals surface area contributed by atoms with Crippen molar-refractivity contribution in [3.8, 4) is 11.5 Å². The standard InChI is InChI=1S/C19H21F3N4O3/c1-12-23-16(19(20,21)22)11-17(24-12)25-6-8-26(9-7-25)18(27)13-4-5-14(28-2)15(10-13)29-3/h4-5,10-11H,6-9H2,1-3H3. The zero-order valence-corrected chi connectivity index (χ0v) is 16.3. The Kier molecular flexibility index (Phi) is 5.81. The number of rotatable bonds is 4. The highest BCUT2D eigenvalue weighted by molar-refractivity contribution is 5.95. The molecule has 0 bridgehead atoms. The number of aromatic nitrogens is 2. The maximum atomic E-state index is 13.0. The molecule has 0 unspecified atom stereocenters. The number of hydrogen-bond donors (Lipinski definition) is 0. The molecule has 0 aliphatic carbocycles. The first-order valence-electron chi connectivity index (χ1n) is 8.92. The fourth-order valence-corrected chi connectivity index (χ4v) is 3.15. The molecule has 2 heterocycles. The quantitative estimate of drug-likeness (QED) is 0.772. The molecule has 3 rings (SSSR count). The number of nitrogens with zero attached hydrogens (tertiary/aromatic N) is 4. The molecule has 1 aromatic carbocycles. The number of carbonyl (C=O) groups is 1. The molecule has 10 heteroatoms. The first-order valence-corrected chi connectivity index (χ1v) is 8.92. The lowest BCUT2D eigenvalue weighted by atomic mass is 10.1. The van der Waals surface area contributed by atoms with Crippen LogP contribution in [0.15, 0.2) is 24.3 Å². The second-order valence-electron chi connectivity index (χ2n) is 6.51. The number of benzene rings is 1. The van der Waals surface area contributed by atoms with Crippen molar-refractivity contribution in [2.75, 3.05) is 45.3 Å². The first-order chi connectivity index (χ1) is 13.7. The van der Waals surface area contributed by atoms with Crippen molar-refractivity contribution in [1.82, 2.24) is 14.9 Å². The smallest absolute Gasteiger partial charge is 0.433 e. The first kappa shape index (κ1) is 20.7. The van der Waals surface area contributed by atoms with E-state index in [1.807, 2.05) is 0 Å². The Balaban J connectivity index is 1.71. The summed E-state index contributed by atoms with van der Waals surface area (Å²) in [6.07, 6.45) is -4.53. The van der Waals surface area contributed by atoms with E-state index in [4.69, 9.17) is 9.47 Å². The summed E-state index contributed by atoms with van der Waals surface area (Å²) >= 11 is 0. The van der Waals surface area contributed by atoms with Crippen LogP contribution in [-0.4, -0.2) is 61.2 Å². The van der Waals surface area contributed by atoms with Crippen LogP contribution in [0.25, 0.3) is 0 Å². The fourth-order valence-electron chi connectivity index (χ4n) is 3.15. The molecule has 0 saturated carbocycles. The molecule has 1 aromatic heterocycles. The molecule has 0 radical (unpaired) electrons. The van der Waals surface area contributed by atoms with Gasteiger partial charge in [-0.2, -0.15) is 13.2 Å². The number of alkyl halides is 3. The van der Waals surface area contributed by atoms with Gasteiger partial charge >= 0.3 is 6.18 Å². The highest BCUT2D eigenvalue weighted by Gasteiger charge is 2.34. The summed E-state index contributed by atoms with van der Waals surface area (Å²) in [7, 11) is 3.00. The van der Waals surface area contributed by atoms with E-state index in [0.717, 1.165) is 6.07 Å². The van der Waals surface area contributed by atoms with Crippen LogP contribution in [-0.2, 0) is 6.18 Å². The summed E-state index contributed by atoms with van der Waals surface area (Å²) in [5.74, 6) is 1.06. The van der Waals surface area contributed by atoms with E-state index in [2.05, 4.69) is 9.97 Å². The van der Waals surface area contributed by atoms with Gasteiger partial charge in [0.1, 0.15) is 17.3 Å². The third kappa shape index (κ3) is 4.52. The van der Waals surface area contributed by atoms with Crippen LogP contribution in [0.5, 0.6) is 11.5 Å². The van der Waals surface area contributed by atoms with Gasteiger partial charge in [0.2, 0.25) is 0 Å². The van der Waals surface area contributed by atoms with Gasteiger partial charge in [0.25, 0.3) is 5.91 Å². The van der Waals surface area contributed by atoms with E-state index >= 15 is 0 Å². The van der Waals surface area contributed by atoms with E-state index < -0.39 is 11.9 Å². The predicted molar refractivity (Wildman–Crippen MR) is 99.4 cm³/mol. The topological polar surface area (TPSA) is 67.8 Å². The number of methoxy groups -OCH3 is 2. The average molecular weight is 410 g/mol. The minimum absolute atomic E-state index is 0.0543. The molecule has 0 N–H and O–H groups in total. The molecule has 29 heavy (non-hydrogen) atoms. The number of hydrogen-bond acceptors (Lipinski definition) is 6. The van der Waals surface area contributed by atoms with E-state index in [9.17, 15) is 18.0 Å². The molecular formula is C19H21F3N4O3. The molecule has 0 atom stereocenters. The minimum atomic E-state index is -4.53. The van der Waals surface area contributed by atoms with E-state index in [1.54, 1.807) is 28.0 Å². The number of carbonyl (C=O) groups excluding carboxylic acids is 1. The summed E-state index contributed by atoms with van der Waals surface area (Å²) in [5.41, 5.74) is -0.517. The van der Waals surface area contributed by atoms with Crippen LogP contribution in [0.1, 0.15) is 21.9 Å². The minimum Gasteiger partial charge on any atom is -0.493 e. The van der Waals surface area contributed by atoms with Gasteiger partial charge in [0.05, 0.1) is 14.2 Å². The van der Waals surface area contributed by atoms with Crippen LogP contribution in [0.2, 0.25) is 0 Å². The zero-order valence-electron chi connectivity index (χ0n) is 16.3. The number of piperazine rings is 1. The number of aryl methyl sites for hydroxylation is 1. The van der Waals surface area contributed by atoms with Crippen molar-refractivity contribution in [2.45, 2.75) is 13.1 Å². The van der Waals surface area contributed by atoms with Crippen molar-refractivity contribution in [2.24, 2.45) is 0 Å². The van der Waals surface area contributed by atoms with Gasteiger partial charge in [-0.15, -0.1) is 0 Å². The van der Waals surface area contributed by atoms with E-state index in [1.165, 1.54) is 21.1 Å². The third-order valence-electron chi connectivity index (χ3n) is 4.64. The van der Waals surface area contributed by atoms with Gasteiger partial charge in [-0.3, -0.25) is 4.79 Å². The molecular weight excluding hydrogens is 389 g/mol. The van der Waals surface area contributed by atoms with Gasteiger partial charge in [-0.1, -0.05) is 0 Å². The molecule has 1 aliphatic heterocycles. The second kappa shape index (κ2) is 8.14. The van der Waals surface area contributed by atoms with E-state index in [0.29, 0.717) is 43.2 Å². The number of amides is 1. The molecule has 0 spiro atoms. The van der Waals surface area contributed by atoms with Gasteiger partial charge in [0, 0.05) is 37.8 Å².